The zero-order valence-corrected chi connectivity index (χ0v) is 12.3. The first kappa shape index (κ1) is 13.4. The Morgan fingerprint density at radius 3 is 2.78 bits per heavy atom. The summed E-state index contributed by atoms with van der Waals surface area (Å²) in [6.45, 7) is 6.54. The molecule has 0 amide bonds. The summed E-state index contributed by atoms with van der Waals surface area (Å²) in [6, 6.07) is 6.08. The number of aryl methyl sites for hydroxylation is 1. The third kappa shape index (κ3) is 2.52. The third-order valence-electron chi connectivity index (χ3n) is 3.09. The van der Waals surface area contributed by atoms with Crippen LogP contribution < -0.4 is 0 Å². The van der Waals surface area contributed by atoms with Crippen LogP contribution in [0.25, 0.3) is 0 Å². The van der Waals surface area contributed by atoms with Crippen molar-refractivity contribution in [1.29, 1.82) is 0 Å². The highest BCUT2D eigenvalue weighted by Gasteiger charge is 2.19. The lowest BCUT2D eigenvalue weighted by Gasteiger charge is -2.08. The fraction of sp³-hybridized carbons (Fsp3) is 0.357. The molecule has 0 N–H and O–H groups in total. The molecule has 4 heteroatoms. The average Bonchev–Trinajstić information content (AvgIpc) is 2.91. The summed E-state index contributed by atoms with van der Waals surface area (Å²) in [5.74, 6) is 0.00203. The number of thiophene rings is 1. The number of hydrogen-bond acceptors (Lipinski definition) is 2. The second kappa shape index (κ2) is 5.29. The molecule has 0 radical (unpaired) electrons. The molecule has 1 unspecified atom stereocenters. The molecule has 96 valence electrons. The van der Waals surface area contributed by atoms with E-state index in [1.54, 1.807) is 18.3 Å². The maximum Gasteiger partial charge on any atom is 0.182 e. The van der Waals surface area contributed by atoms with Gasteiger partial charge in [-0.3, -0.25) is 4.79 Å². The van der Waals surface area contributed by atoms with E-state index in [0.29, 0.717) is 0 Å². The summed E-state index contributed by atoms with van der Waals surface area (Å²) >= 11 is 7.61. The van der Waals surface area contributed by atoms with Crippen LogP contribution in [0.5, 0.6) is 0 Å². The molecule has 0 aliphatic rings. The number of halogens is 1. The predicted octanol–water partition coefficient (Wildman–Crippen LogP) is 4.02. The molecule has 2 heterocycles. The Labute approximate surface area is 116 Å². The van der Waals surface area contributed by atoms with Crippen molar-refractivity contribution in [2.24, 2.45) is 0 Å². The lowest BCUT2D eigenvalue weighted by Crippen LogP contribution is -2.12. The number of ketones is 1. The van der Waals surface area contributed by atoms with Gasteiger partial charge >= 0.3 is 0 Å². The highest BCUT2D eigenvalue weighted by Crippen LogP contribution is 2.21. The Morgan fingerprint density at radius 1 is 1.50 bits per heavy atom. The van der Waals surface area contributed by atoms with Crippen molar-refractivity contribution in [3.05, 3.63) is 45.4 Å². The minimum Gasteiger partial charge on any atom is -0.343 e. The van der Waals surface area contributed by atoms with E-state index >= 15 is 0 Å². The van der Waals surface area contributed by atoms with Crippen LogP contribution in [0.2, 0.25) is 0 Å². The van der Waals surface area contributed by atoms with Crippen LogP contribution in [-0.4, -0.2) is 15.7 Å². The molecular weight excluding hydrogens is 266 g/mol. The number of Topliss-reactive ketones (excluding diaryl/α,β-unsaturated/α-hetero) is 1. The summed E-state index contributed by atoms with van der Waals surface area (Å²) in [7, 11) is 0. The first-order valence-electron chi connectivity index (χ1n) is 5.88. The Bertz CT molecular complexity index is 555. The van der Waals surface area contributed by atoms with Gasteiger partial charge in [0.25, 0.3) is 0 Å². The van der Waals surface area contributed by atoms with Crippen LogP contribution in [0.3, 0.4) is 0 Å². The van der Waals surface area contributed by atoms with Crippen LogP contribution in [0.15, 0.2) is 23.6 Å². The zero-order chi connectivity index (χ0) is 13.3. The van der Waals surface area contributed by atoms with Crippen LogP contribution in [0, 0.1) is 13.8 Å². The summed E-state index contributed by atoms with van der Waals surface area (Å²) < 4.78 is 2.17. The predicted molar refractivity (Wildman–Crippen MR) is 77.0 cm³/mol. The van der Waals surface area contributed by atoms with Crippen molar-refractivity contribution in [1.82, 2.24) is 4.57 Å². The van der Waals surface area contributed by atoms with Crippen molar-refractivity contribution in [2.45, 2.75) is 32.7 Å². The second-order valence-corrected chi connectivity index (χ2v) is 6.12. The molecule has 0 spiro atoms. The standard InChI is InChI=1S/C14H16ClNOS/c1-9-7-13(14(17)10(2)15)11(3)16(9)8-12-5-4-6-18-12/h4-7,10H,8H2,1-3H3. The van der Waals surface area contributed by atoms with Gasteiger partial charge < -0.3 is 4.57 Å². The van der Waals surface area contributed by atoms with Gasteiger partial charge in [0.2, 0.25) is 0 Å². The maximum atomic E-state index is 12.0. The number of hydrogen-bond donors (Lipinski definition) is 0. The van der Waals surface area contributed by atoms with Crippen LogP contribution in [0.4, 0.5) is 0 Å². The number of nitrogens with zero attached hydrogens (tertiary/aromatic N) is 1. The monoisotopic (exact) mass is 281 g/mol. The van der Waals surface area contributed by atoms with Gasteiger partial charge in [-0.15, -0.1) is 22.9 Å². The molecule has 0 saturated carbocycles. The number of rotatable bonds is 4. The van der Waals surface area contributed by atoms with E-state index in [2.05, 4.69) is 16.0 Å². The number of aromatic nitrogens is 1. The van der Waals surface area contributed by atoms with E-state index in [4.69, 9.17) is 11.6 Å². The first-order chi connectivity index (χ1) is 8.50. The van der Waals surface area contributed by atoms with E-state index in [-0.39, 0.29) is 5.78 Å². The van der Waals surface area contributed by atoms with E-state index in [1.807, 2.05) is 26.0 Å². The molecule has 0 aliphatic carbocycles. The van der Waals surface area contributed by atoms with Crippen molar-refractivity contribution >= 4 is 28.7 Å². The second-order valence-electron chi connectivity index (χ2n) is 4.43. The fourth-order valence-corrected chi connectivity index (χ4v) is 2.88. The van der Waals surface area contributed by atoms with Crippen LogP contribution >= 0.6 is 22.9 Å². The SMILES string of the molecule is Cc1cc(C(=O)C(C)Cl)c(C)n1Cc1cccs1. The summed E-state index contributed by atoms with van der Waals surface area (Å²) in [4.78, 5) is 13.3. The highest BCUT2D eigenvalue weighted by atomic mass is 35.5. The minimum atomic E-state index is -0.472. The smallest absolute Gasteiger partial charge is 0.182 e. The van der Waals surface area contributed by atoms with Gasteiger partial charge in [-0.1, -0.05) is 6.07 Å². The lowest BCUT2D eigenvalue weighted by atomic mass is 10.1. The van der Waals surface area contributed by atoms with E-state index < -0.39 is 5.38 Å². The first-order valence-corrected chi connectivity index (χ1v) is 7.19. The van der Waals surface area contributed by atoms with Crippen molar-refractivity contribution < 1.29 is 4.79 Å². The van der Waals surface area contributed by atoms with Gasteiger partial charge in [0.1, 0.15) is 0 Å². The van der Waals surface area contributed by atoms with Gasteiger partial charge in [0, 0.05) is 21.8 Å². The summed E-state index contributed by atoms with van der Waals surface area (Å²) in [5.41, 5.74) is 2.84. The Morgan fingerprint density at radius 2 is 2.22 bits per heavy atom. The maximum absolute atomic E-state index is 12.0. The lowest BCUT2D eigenvalue weighted by molar-refractivity contribution is 0.0991. The van der Waals surface area contributed by atoms with Crippen LogP contribution in [0.1, 0.15) is 33.5 Å². The highest BCUT2D eigenvalue weighted by molar-refractivity contribution is 7.09. The molecule has 2 rings (SSSR count). The fourth-order valence-electron chi connectivity index (χ4n) is 2.07. The zero-order valence-electron chi connectivity index (χ0n) is 10.7. The third-order valence-corrected chi connectivity index (χ3v) is 4.15. The van der Waals surface area contributed by atoms with Gasteiger partial charge in [-0.2, -0.15) is 0 Å². The quantitative estimate of drug-likeness (QED) is 0.613. The van der Waals surface area contributed by atoms with E-state index in [0.717, 1.165) is 23.5 Å². The molecule has 2 aromatic heterocycles. The van der Waals surface area contributed by atoms with Gasteiger partial charge in [-0.05, 0) is 38.3 Å². The molecular formula is C14H16ClNOS. The topological polar surface area (TPSA) is 22.0 Å². The number of alkyl halides is 1. The van der Waals surface area contributed by atoms with Gasteiger partial charge in [0.15, 0.2) is 5.78 Å². The Hall–Kier alpha value is -1.06. The van der Waals surface area contributed by atoms with Gasteiger partial charge in [0.05, 0.1) is 11.9 Å². The molecule has 0 aliphatic heterocycles. The Kier molecular flexibility index (Phi) is 3.93. The average molecular weight is 282 g/mol. The molecule has 0 aromatic carbocycles. The van der Waals surface area contributed by atoms with Gasteiger partial charge in [-0.25, -0.2) is 0 Å². The molecule has 2 aromatic rings. The van der Waals surface area contributed by atoms with Crippen molar-refractivity contribution in [3.8, 4) is 0 Å². The molecule has 2 nitrogen and oxygen atoms in total. The molecule has 0 fully saturated rings. The normalized spacial score (nSPS) is 12.7. The molecule has 18 heavy (non-hydrogen) atoms. The minimum absolute atomic E-state index is 0.00203. The van der Waals surface area contributed by atoms with Crippen molar-refractivity contribution in [2.75, 3.05) is 0 Å². The van der Waals surface area contributed by atoms with E-state index in [1.165, 1.54) is 4.88 Å². The van der Waals surface area contributed by atoms with Crippen molar-refractivity contribution in [3.63, 3.8) is 0 Å². The molecule has 0 bridgehead atoms. The van der Waals surface area contributed by atoms with E-state index in [9.17, 15) is 4.79 Å². The van der Waals surface area contributed by atoms with Crippen LogP contribution in [-0.2, 0) is 6.54 Å². The number of carbonyl (C=O) groups is 1. The number of carbonyl (C=O) groups excluding carboxylic acids is 1. The summed E-state index contributed by atoms with van der Waals surface area (Å²) in [5, 5.41) is 1.59. The summed E-state index contributed by atoms with van der Waals surface area (Å²) in [6.07, 6.45) is 0. The molecule has 1 atom stereocenters. The largest absolute Gasteiger partial charge is 0.343 e. The Balaban J connectivity index is 2.35. The molecule has 0 saturated heterocycles.